The van der Waals surface area contributed by atoms with Gasteiger partial charge in [0.05, 0.1) is 17.8 Å². The van der Waals surface area contributed by atoms with Crippen LogP contribution in [0.25, 0.3) is 28.2 Å². The fourth-order valence-electron chi connectivity index (χ4n) is 5.18. The molecule has 0 aliphatic rings. The molecule has 2 N–H and O–H groups in total. The lowest BCUT2D eigenvalue weighted by molar-refractivity contribution is 0.0696. The van der Waals surface area contributed by atoms with E-state index >= 15 is 0 Å². The zero-order valence-corrected chi connectivity index (χ0v) is 23.8. The van der Waals surface area contributed by atoms with Gasteiger partial charge in [-0.25, -0.2) is 14.7 Å². The summed E-state index contributed by atoms with van der Waals surface area (Å²) in [5.41, 5.74) is 5.48. The van der Waals surface area contributed by atoms with Gasteiger partial charge >= 0.3 is 11.7 Å². The lowest BCUT2D eigenvalue weighted by Crippen LogP contribution is -2.28. The number of benzene rings is 3. The van der Waals surface area contributed by atoms with Crippen LogP contribution in [0.4, 0.5) is 0 Å². The summed E-state index contributed by atoms with van der Waals surface area (Å²) >= 11 is 0. The Morgan fingerprint density at radius 3 is 2.34 bits per heavy atom. The summed E-state index contributed by atoms with van der Waals surface area (Å²) in [5, 5.41) is 24.3. The van der Waals surface area contributed by atoms with Crippen LogP contribution in [0.15, 0.2) is 77.7 Å². The van der Waals surface area contributed by atoms with Crippen molar-refractivity contribution in [1.82, 2.24) is 29.8 Å². The number of aryl methyl sites for hydroxylation is 1. The van der Waals surface area contributed by atoms with Crippen LogP contribution < -0.4 is 5.69 Å². The lowest BCUT2D eigenvalue weighted by atomic mass is 9.84. The highest BCUT2D eigenvalue weighted by Crippen LogP contribution is 2.32. The van der Waals surface area contributed by atoms with Gasteiger partial charge in [0.2, 0.25) is 0 Å². The number of aromatic amines is 1. The van der Waals surface area contributed by atoms with Crippen LogP contribution in [0.5, 0.6) is 0 Å². The molecule has 41 heavy (non-hydrogen) atoms. The standard InChI is InChI=1S/C32H34N6O3/c1-5-6-10-23-20-38(28-26(30(39)40)13-9-14-27(28)32(2,3)4)31(41)37(23)19-21-15-17-22(18-16-21)24-11-7-8-12-25(24)29-33-35-36-34-29/h7-9,11-18,20H,5-6,10,19H2,1-4H3,(H,39,40)(H,33,34,35,36). The molecule has 5 aromatic rings. The van der Waals surface area contributed by atoms with Crippen LogP contribution in [0, 0.1) is 0 Å². The van der Waals surface area contributed by atoms with Crippen LogP contribution >= 0.6 is 0 Å². The molecule has 0 radical (unpaired) electrons. The number of para-hydroxylation sites is 1. The summed E-state index contributed by atoms with van der Waals surface area (Å²) in [6, 6.07) is 21.2. The SMILES string of the molecule is CCCCc1cn(-c2c(C(=O)O)cccc2C(C)(C)C)c(=O)n1Cc1ccc(-c2ccccc2-c2nnn[nH]2)cc1. The number of nitrogens with zero attached hydrogens (tertiary/aromatic N) is 5. The third-order valence-corrected chi connectivity index (χ3v) is 7.30. The Labute approximate surface area is 238 Å². The number of carbonyl (C=O) groups is 1. The van der Waals surface area contributed by atoms with Crippen molar-refractivity contribution in [3.63, 3.8) is 0 Å². The molecule has 0 spiro atoms. The molecular formula is C32H34N6O3. The van der Waals surface area contributed by atoms with Crippen molar-refractivity contribution in [2.45, 2.75) is 58.9 Å². The van der Waals surface area contributed by atoms with Crippen LogP contribution in [0.1, 0.15) is 67.7 Å². The molecule has 0 unspecified atom stereocenters. The molecule has 0 amide bonds. The van der Waals surface area contributed by atoms with Gasteiger partial charge in [0.25, 0.3) is 0 Å². The summed E-state index contributed by atoms with van der Waals surface area (Å²) < 4.78 is 3.30. The van der Waals surface area contributed by atoms with Gasteiger partial charge in [-0.15, -0.1) is 5.10 Å². The van der Waals surface area contributed by atoms with E-state index in [0.717, 1.165) is 52.8 Å². The number of aromatic carboxylic acids is 1. The number of carboxylic acids is 1. The molecular weight excluding hydrogens is 516 g/mol. The monoisotopic (exact) mass is 550 g/mol. The van der Waals surface area contributed by atoms with Gasteiger partial charge in [-0.3, -0.25) is 9.13 Å². The van der Waals surface area contributed by atoms with Crippen molar-refractivity contribution < 1.29 is 9.90 Å². The Hall–Kier alpha value is -4.79. The minimum atomic E-state index is -1.06. The molecule has 9 heteroatoms. The van der Waals surface area contributed by atoms with Crippen molar-refractivity contribution in [2.24, 2.45) is 0 Å². The number of imidazole rings is 1. The molecule has 0 bridgehead atoms. The fraction of sp³-hybridized carbons (Fsp3) is 0.281. The van der Waals surface area contributed by atoms with Gasteiger partial charge in [-0.1, -0.05) is 94.8 Å². The van der Waals surface area contributed by atoms with Gasteiger partial charge < -0.3 is 5.11 Å². The maximum atomic E-state index is 14.0. The number of tetrazole rings is 1. The van der Waals surface area contributed by atoms with Crippen molar-refractivity contribution in [3.8, 4) is 28.2 Å². The highest BCUT2D eigenvalue weighted by molar-refractivity contribution is 5.93. The number of H-pyrrole nitrogens is 1. The van der Waals surface area contributed by atoms with Gasteiger partial charge in [0.1, 0.15) is 0 Å². The summed E-state index contributed by atoms with van der Waals surface area (Å²) in [6.07, 6.45) is 4.44. The summed E-state index contributed by atoms with van der Waals surface area (Å²) in [6.45, 7) is 8.56. The molecule has 2 aromatic heterocycles. The summed E-state index contributed by atoms with van der Waals surface area (Å²) in [5.74, 6) is -0.466. The summed E-state index contributed by atoms with van der Waals surface area (Å²) in [4.78, 5) is 26.2. The predicted molar refractivity (Wildman–Crippen MR) is 158 cm³/mol. The zero-order chi connectivity index (χ0) is 29.1. The molecule has 0 saturated carbocycles. The number of rotatable bonds is 9. The number of hydrogen-bond acceptors (Lipinski definition) is 5. The van der Waals surface area contributed by atoms with E-state index in [2.05, 4.69) is 27.5 Å². The second-order valence-electron chi connectivity index (χ2n) is 11.2. The van der Waals surface area contributed by atoms with Crippen LogP contribution in [-0.2, 0) is 18.4 Å². The smallest absolute Gasteiger partial charge is 0.337 e. The van der Waals surface area contributed by atoms with E-state index < -0.39 is 5.97 Å². The van der Waals surface area contributed by atoms with Crippen molar-refractivity contribution in [2.75, 3.05) is 0 Å². The molecule has 5 rings (SSSR count). The molecule has 2 heterocycles. The van der Waals surface area contributed by atoms with E-state index in [1.807, 2.05) is 81.6 Å². The Balaban J connectivity index is 1.56. The predicted octanol–water partition coefficient (Wildman–Crippen LogP) is 5.87. The number of aromatic nitrogens is 6. The van der Waals surface area contributed by atoms with E-state index in [4.69, 9.17) is 0 Å². The van der Waals surface area contributed by atoms with E-state index in [0.29, 0.717) is 18.1 Å². The normalized spacial score (nSPS) is 11.6. The maximum Gasteiger partial charge on any atom is 0.337 e. The lowest BCUT2D eigenvalue weighted by Gasteiger charge is -2.24. The second-order valence-corrected chi connectivity index (χ2v) is 11.2. The van der Waals surface area contributed by atoms with Crippen LogP contribution in [0.3, 0.4) is 0 Å². The minimum Gasteiger partial charge on any atom is -0.478 e. The van der Waals surface area contributed by atoms with Crippen LogP contribution in [0.2, 0.25) is 0 Å². The van der Waals surface area contributed by atoms with Gasteiger partial charge in [0, 0.05) is 17.5 Å². The quantitative estimate of drug-likeness (QED) is 0.237. The van der Waals surface area contributed by atoms with Crippen LogP contribution in [-0.4, -0.2) is 40.8 Å². The second kappa shape index (κ2) is 11.4. The average molecular weight is 551 g/mol. The highest BCUT2D eigenvalue weighted by atomic mass is 16.4. The average Bonchev–Trinajstić information content (AvgIpc) is 3.60. The molecule has 0 aliphatic carbocycles. The Morgan fingerprint density at radius 2 is 1.71 bits per heavy atom. The third-order valence-electron chi connectivity index (χ3n) is 7.30. The first-order valence-electron chi connectivity index (χ1n) is 13.8. The van der Waals surface area contributed by atoms with E-state index in [9.17, 15) is 14.7 Å². The molecule has 3 aromatic carbocycles. The minimum absolute atomic E-state index is 0.115. The van der Waals surface area contributed by atoms with Gasteiger partial charge in [-0.05, 0) is 57.0 Å². The number of carboxylic acid groups (broad SMARTS) is 1. The highest BCUT2D eigenvalue weighted by Gasteiger charge is 2.26. The maximum absolute atomic E-state index is 14.0. The molecule has 0 atom stereocenters. The molecule has 210 valence electrons. The number of hydrogen-bond donors (Lipinski definition) is 2. The fourth-order valence-corrected chi connectivity index (χ4v) is 5.18. The number of nitrogens with one attached hydrogen (secondary N) is 1. The molecule has 9 nitrogen and oxygen atoms in total. The third kappa shape index (κ3) is 5.61. The van der Waals surface area contributed by atoms with Gasteiger partial charge in [0.15, 0.2) is 5.82 Å². The van der Waals surface area contributed by atoms with Gasteiger partial charge in [-0.2, -0.15) is 0 Å². The first-order valence-corrected chi connectivity index (χ1v) is 13.8. The topological polar surface area (TPSA) is 119 Å². The van der Waals surface area contributed by atoms with E-state index in [-0.39, 0.29) is 16.7 Å². The van der Waals surface area contributed by atoms with Crippen molar-refractivity contribution in [1.29, 1.82) is 0 Å². The van der Waals surface area contributed by atoms with Crippen molar-refractivity contribution in [3.05, 3.63) is 106 Å². The Morgan fingerprint density at radius 1 is 0.976 bits per heavy atom. The number of unbranched alkanes of at least 4 members (excludes halogenated alkanes) is 1. The van der Waals surface area contributed by atoms with E-state index in [1.165, 1.54) is 4.57 Å². The van der Waals surface area contributed by atoms with E-state index in [1.54, 1.807) is 16.7 Å². The molecule has 0 saturated heterocycles. The molecule has 0 aliphatic heterocycles. The first kappa shape index (κ1) is 27.8. The Bertz CT molecular complexity index is 1720. The molecule has 0 fully saturated rings. The first-order chi connectivity index (χ1) is 19.7. The summed E-state index contributed by atoms with van der Waals surface area (Å²) in [7, 11) is 0. The zero-order valence-electron chi connectivity index (χ0n) is 23.8. The Kier molecular flexibility index (Phi) is 7.70. The largest absolute Gasteiger partial charge is 0.478 e. The van der Waals surface area contributed by atoms with Crippen molar-refractivity contribution >= 4 is 5.97 Å².